The summed E-state index contributed by atoms with van der Waals surface area (Å²) >= 11 is 6.81. The van der Waals surface area contributed by atoms with Gasteiger partial charge in [0.05, 0.1) is 5.69 Å². The number of carboxylic acid groups (broad SMARTS) is 1. The summed E-state index contributed by atoms with van der Waals surface area (Å²) in [4.78, 5) is 28.2. The summed E-state index contributed by atoms with van der Waals surface area (Å²) in [6, 6.07) is 7.26. The van der Waals surface area contributed by atoms with Gasteiger partial charge in [-0.1, -0.05) is 41.1 Å². The van der Waals surface area contributed by atoms with Gasteiger partial charge >= 0.3 is 5.97 Å². The third-order valence-electron chi connectivity index (χ3n) is 3.31. The van der Waals surface area contributed by atoms with Gasteiger partial charge in [0.1, 0.15) is 4.88 Å². The van der Waals surface area contributed by atoms with Crippen molar-refractivity contribution >= 4 is 46.0 Å². The predicted molar refractivity (Wildman–Crippen MR) is 91.4 cm³/mol. The molecular formula is C16H11ClN2O3S. The molecule has 0 aliphatic rings. The normalized spacial score (nSPS) is 11.4. The Morgan fingerprint density at radius 3 is 2.65 bits per heavy atom. The maximum absolute atomic E-state index is 12.3. The summed E-state index contributed by atoms with van der Waals surface area (Å²) in [6.07, 6.45) is 4.87. The second-order valence-electron chi connectivity index (χ2n) is 4.87. The molecule has 7 heteroatoms. The van der Waals surface area contributed by atoms with Crippen molar-refractivity contribution in [1.29, 1.82) is 0 Å². The third-order valence-corrected chi connectivity index (χ3v) is 4.53. The number of carboxylic acids is 1. The van der Waals surface area contributed by atoms with E-state index in [1.54, 1.807) is 25.1 Å². The lowest BCUT2D eigenvalue weighted by Crippen LogP contribution is -2.17. The first kappa shape index (κ1) is 15.5. The van der Waals surface area contributed by atoms with Crippen LogP contribution in [0.2, 0.25) is 5.02 Å². The van der Waals surface area contributed by atoms with Gasteiger partial charge in [-0.25, -0.2) is 9.78 Å². The first-order valence-corrected chi connectivity index (χ1v) is 7.85. The van der Waals surface area contributed by atoms with Crippen molar-refractivity contribution in [2.75, 3.05) is 0 Å². The molecule has 0 bridgehead atoms. The molecular weight excluding hydrogens is 336 g/mol. The first-order valence-electron chi connectivity index (χ1n) is 6.65. The van der Waals surface area contributed by atoms with Crippen LogP contribution in [0.1, 0.15) is 26.5 Å². The van der Waals surface area contributed by atoms with Crippen LogP contribution in [0.15, 0.2) is 35.3 Å². The molecule has 23 heavy (non-hydrogen) atoms. The van der Waals surface area contributed by atoms with Crippen molar-refractivity contribution in [2.45, 2.75) is 6.92 Å². The molecule has 0 amide bonds. The summed E-state index contributed by atoms with van der Waals surface area (Å²) in [5.41, 5.74) is 1.63. The molecule has 0 saturated heterocycles. The highest BCUT2D eigenvalue weighted by Gasteiger charge is 2.13. The van der Waals surface area contributed by atoms with Crippen LogP contribution in [0.5, 0.6) is 0 Å². The van der Waals surface area contributed by atoms with Gasteiger partial charge in [0.15, 0.2) is 4.96 Å². The van der Waals surface area contributed by atoms with Crippen LogP contribution in [-0.4, -0.2) is 20.5 Å². The summed E-state index contributed by atoms with van der Waals surface area (Å²) in [6.45, 7) is 1.67. The molecule has 0 unspecified atom stereocenters. The maximum atomic E-state index is 12.3. The van der Waals surface area contributed by atoms with E-state index in [2.05, 4.69) is 4.98 Å². The third kappa shape index (κ3) is 3.04. The van der Waals surface area contributed by atoms with Crippen LogP contribution in [0, 0.1) is 6.92 Å². The molecule has 5 nitrogen and oxygen atoms in total. The van der Waals surface area contributed by atoms with Gasteiger partial charge in [-0.3, -0.25) is 9.20 Å². The number of aromatic carboxylic acids is 1. The van der Waals surface area contributed by atoms with E-state index >= 15 is 0 Å². The van der Waals surface area contributed by atoms with Gasteiger partial charge < -0.3 is 5.11 Å². The number of benzene rings is 1. The molecule has 0 fully saturated rings. The van der Waals surface area contributed by atoms with Gasteiger partial charge in [-0.2, -0.15) is 0 Å². The van der Waals surface area contributed by atoms with E-state index in [0.29, 0.717) is 21.2 Å². The second-order valence-corrected chi connectivity index (χ2v) is 6.31. The van der Waals surface area contributed by atoms with Gasteiger partial charge in [-0.05, 0) is 30.7 Å². The predicted octanol–water partition coefficient (Wildman–Crippen LogP) is 3.59. The molecule has 1 aromatic carbocycles. The van der Waals surface area contributed by atoms with E-state index in [4.69, 9.17) is 16.7 Å². The number of fused-ring (bicyclic) bond motifs is 1. The Morgan fingerprint density at radius 1 is 1.30 bits per heavy atom. The molecule has 0 aliphatic heterocycles. The lowest BCUT2D eigenvalue weighted by molar-refractivity contribution is 0.0702. The fourth-order valence-electron chi connectivity index (χ4n) is 2.06. The summed E-state index contributed by atoms with van der Waals surface area (Å²) < 4.78 is 1.27. The molecule has 3 rings (SSSR count). The Bertz CT molecular complexity index is 987. The Kier molecular flexibility index (Phi) is 4.02. The Morgan fingerprint density at radius 2 is 2.00 bits per heavy atom. The zero-order chi connectivity index (χ0) is 16.6. The van der Waals surface area contributed by atoms with Gasteiger partial charge in [0, 0.05) is 16.8 Å². The van der Waals surface area contributed by atoms with Crippen molar-refractivity contribution in [3.8, 4) is 0 Å². The highest BCUT2D eigenvalue weighted by molar-refractivity contribution is 7.18. The molecule has 2 heterocycles. The van der Waals surface area contributed by atoms with Crippen LogP contribution in [-0.2, 0) is 0 Å². The van der Waals surface area contributed by atoms with Crippen LogP contribution >= 0.6 is 22.9 Å². The highest BCUT2D eigenvalue weighted by atomic mass is 35.5. The Labute approximate surface area is 140 Å². The fraction of sp³-hybridized carbons (Fsp3) is 0.0625. The van der Waals surface area contributed by atoms with Gasteiger partial charge in [0.2, 0.25) is 0 Å². The molecule has 3 aromatic rings. The molecule has 0 aliphatic carbocycles. The minimum absolute atomic E-state index is 0.0767. The zero-order valence-electron chi connectivity index (χ0n) is 12.0. The minimum atomic E-state index is -1.07. The van der Waals surface area contributed by atoms with E-state index in [-0.39, 0.29) is 10.4 Å². The summed E-state index contributed by atoms with van der Waals surface area (Å²) in [5.74, 6) is -1.07. The number of nitrogens with zero attached hydrogens (tertiary/aromatic N) is 2. The Balaban J connectivity index is 2.07. The summed E-state index contributed by atoms with van der Waals surface area (Å²) in [5, 5.41) is 9.68. The summed E-state index contributed by atoms with van der Waals surface area (Å²) in [7, 11) is 0. The van der Waals surface area contributed by atoms with E-state index in [9.17, 15) is 9.59 Å². The highest BCUT2D eigenvalue weighted by Crippen LogP contribution is 2.17. The monoisotopic (exact) mass is 346 g/mol. The molecule has 2 aromatic heterocycles. The number of hydrogen-bond donors (Lipinski definition) is 1. The lowest BCUT2D eigenvalue weighted by Gasteiger charge is -2.00. The average molecular weight is 347 g/mol. The molecule has 0 spiro atoms. The topological polar surface area (TPSA) is 71.7 Å². The lowest BCUT2D eigenvalue weighted by atomic mass is 10.1. The van der Waals surface area contributed by atoms with Crippen molar-refractivity contribution < 1.29 is 9.90 Å². The number of halogens is 1. The van der Waals surface area contributed by atoms with Crippen LogP contribution in [0.25, 0.3) is 17.1 Å². The number of aromatic nitrogens is 2. The molecule has 0 radical (unpaired) electrons. The Hall–Kier alpha value is -2.44. The van der Waals surface area contributed by atoms with Gasteiger partial charge in [0.25, 0.3) is 5.56 Å². The van der Waals surface area contributed by atoms with Crippen LogP contribution in [0.4, 0.5) is 0 Å². The minimum Gasteiger partial charge on any atom is -0.477 e. The second kappa shape index (κ2) is 5.98. The largest absolute Gasteiger partial charge is 0.477 e. The molecule has 116 valence electrons. The van der Waals surface area contributed by atoms with E-state index < -0.39 is 5.97 Å². The number of carbonyl (C=O) groups is 1. The SMILES string of the molecule is Cc1c(C=Cc2ccc(Cl)cc2)nc2sc(C(=O)O)cn2c1=O. The van der Waals surface area contributed by atoms with Crippen molar-refractivity contribution in [3.05, 3.63) is 67.5 Å². The van der Waals surface area contributed by atoms with Crippen molar-refractivity contribution in [1.82, 2.24) is 9.38 Å². The standard InChI is InChI=1S/C16H11ClN2O3S/c1-9-12(7-4-10-2-5-11(17)6-3-10)18-16-19(14(9)20)8-13(23-16)15(21)22/h2-8H,1H3,(H,21,22). The number of thiazole rings is 1. The number of rotatable bonds is 3. The molecule has 1 N–H and O–H groups in total. The van der Waals surface area contributed by atoms with Crippen LogP contribution in [0.3, 0.4) is 0 Å². The van der Waals surface area contributed by atoms with Crippen LogP contribution < -0.4 is 5.56 Å². The first-order chi connectivity index (χ1) is 11.0. The fourth-order valence-corrected chi connectivity index (χ4v) is 3.00. The maximum Gasteiger partial charge on any atom is 0.347 e. The van der Waals surface area contributed by atoms with Crippen molar-refractivity contribution in [2.24, 2.45) is 0 Å². The zero-order valence-corrected chi connectivity index (χ0v) is 13.6. The average Bonchev–Trinajstić information content (AvgIpc) is 2.95. The smallest absolute Gasteiger partial charge is 0.347 e. The van der Waals surface area contributed by atoms with Gasteiger partial charge in [-0.15, -0.1) is 0 Å². The number of hydrogen-bond acceptors (Lipinski definition) is 4. The molecule has 0 atom stereocenters. The quantitative estimate of drug-likeness (QED) is 0.786. The van der Waals surface area contributed by atoms with E-state index in [1.165, 1.54) is 10.6 Å². The van der Waals surface area contributed by atoms with E-state index in [1.807, 2.05) is 18.2 Å². The molecule has 0 saturated carbocycles. The van der Waals surface area contributed by atoms with E-state index in [0.717, 1.165) is 16.9 Å². The van der Waals surface area contributed by atoms with Crippen molar-refractivity contribution in [3.63, 3.8) is 0 Å².